The van der Waals surface area contributed by atoms with Crippen LogP contribution in [0.25, 0.3) is 0 Å². The van der Waals surface area contributed by atoms with Crippen LogP contribution in [0.1, 0.15) is 24.8 Å². The highest BCUT2D eigenvalue weighted by Crippen LogP contribution is 2.39. The molecule has 1 unspecified atom stereocenters. The van der Waals surface area contributed by atoms with Gasteiger partial charge < -0.3 is 14.6 Å². The van der Waals surface area contributed by atoms with E-state index >= 15 is 0 Å². The predicted octanol–water partition coefficient (Wildman–Crippen LogP) is 4.00. The minimum absolute atomic E-state index is 0.204. The lowest BCUT2D eigenvalue weighted by molar-refractivity contribution is -0.141. The number of methoxy groups -OCH3 is 1. The lowest BCUT2D eigenvalue weighted by Crippen LogP contribution is -2.19. The van der Waals surface area contributed by atoms with Crippen LogP contribution in [-0.4, -0.2) is 24.3 Å². The van der Waals surface area contributed by atoms with E-state index in [4.69, 9.17) is 4.74 Å². The molecule has 1 N–H and O–H groups in total. The number of rotatable bonds is 5. The van der Waals surface area contributed by atoms with E-state index in [1.807, 2.05) is 6.08 Å². The summed E-state index contributed by atoms with van der Waals surface area (Å²) < 4.78 is 49.1. The van der Waals surface area contributed by atoms with Gasteiger partial charge in [0.2, 0.25) is 0 Å². The SMILES string of the molecule is COC(=O)CCC1=CC=CC(Oc2ccc(O)cc2C(F)(F)F)C1. The van der Waals surface area contributed by atoms with Crippen LogP contribution in [0.2, 0.25) is 0 Å². The number of alkyl halides is 3. The van der Waals surface area contributed by atoms with Gasteiger partial charge in [0.15, 0.2) is 0 Å². The summed E-state index contributed by atoms with van der Waals surface area (Å²) in [5, 5.41) is 9.27. The number of benzene rings is 1. The molecule has 0 spiro atoms. The highest BCUT2D eigenvalue weighted by atomic mass is 19.4. The molecule has 24 heavy (non-hydrogen) atoms. The van der Waals surface area contributed by atoms with Gasteiger partial charge in [-0.3, -0.25) is 4.79 Å². The van der Waals surface area contributed by atoms with Gasteiger partial charge in [0.1, 0.15) is 23.2 Å². The second-order valence-corrected chi connectivity index (χ2v) is 5.32. The Labute approximate surface area is 137 Å². The van der Waals surface area contributed by atoms with Crippen molar-refractivity contribution in [1.82, 2.24) is 0 Å². The van der Waals surface area contributed by atoms with Crippen LogP contribution in [0.4, 0.5) is 13.2 Å². The van der Waals surface area contributed by atoms with Gasteiger partial charge >= 0.3 is 12.1 Å². The van der Waals surface area contributed by atoms with E-state index < -0.39 is 23.6 Å². The van der Waals surface area contributed by atoms with E-state index in [9.17, 15) is 23.1 Å². The Morgan fingerprint density at radius 2 is 2.12 bits per heavy atom. The number of phenolic OH excluding ortho intramolecular Hbond substituents is 1. The average molecular weight is 342 g/mol. The van der Waals surface area contributed by atoms with Gasteiger partial charge in [-0.05, 0) is 30.7 Å². The van der Waals surface area contributed by atoms with Crippen LogP contribution >= 0.6 is 0 Å². The Bertz CT molecular complexity index is 662. The Hall–Kier alpha value is -2.44. The van der Waals surface area contributed by atoms with Crippen LogP contribution in [0.3, 0.4) is 0 Å². The van der Waals surface area contributed by atoms with E-state index in [2.05, 4.69) is 4.74 Å². The van der Waals surface area contributed by atoms with E-state index in [1.54, 1.807) is 12.2 Å². The van der Waals surface area contributed by atoms with Crippen LogP contribution in [0, 0.1) is 0 Å². The molecule has 0 bridgehead atoms. The number of allylic oxidation sites excluding steroid dienone is 2. The largest absolute Gasteiger partial charge is 0.508 e. The van der Waals surface area contributed by atoms with Crippen molar-refractivity contribution in [2.24, 2.45) is 0 Å². The maximum absolute atomic E-state index is 13.0. The Balaban J connectivity index is 2.06. The molecule has 0 heterocycles. The van der Waals surface area contributed by atoms with Crippen molar-refractivity contribution >= 4 is 5.97 Å². The number of ether oxygens (including phenoxy) is 2. The minimum atomic E-state index is -4.63. The molecule has 0 saturated carbocycles. The molecule has 4 nitrogen and oxygen atoms in total. The normalized spacial score (nSPS) is 17.3. The van der Waals surface area contributed by atoms with Crippen LogP contribution < -0.4 is 4.74 Å². The highest BCUT2D eigenvalue weighted by Gasteiger charge is 2.35. The summed E-state index contributed by atoms with van der Waals surface area (Å²) in [7, 11) is 1.30. The third-order valence-electron chi connectivity index (χ3n) is 3.55. The second-order valence-electron chi connectivity index (χ2n) is 5.32. The third-order valence-corrected chi connectivity index (χ3v) is 3.55. The Kier molecular flexibility index (Phi) is 5.54. The number of hydrogen-bond donors (Lipinski definition) is 1. The molecule has 1 atom stereocenters. The van der Waals surface area contributed by atoms with Crippen molar-refractivity contribution in [3.8, 4) is 11.5 Å². The summed E-state index contributed by atoms with van der Waals surface area (Å²) in [5.41, 5.74) is -0.137. The third kappa shape index (κ3) is 4.78. The summed E-state index contributed by atoms with van der Waals surface area (Å²) in [5.74, 6) is -1.17. The highest BCUT2D eigenvalue weighted by molar-refractivity contribution is 5.69. The molecule has 0 aliphatic heterocycles. The van der Waals surface area contributed by atoms with Gasteiger partial charge in [0.25, 0.3) is 0 Å². The number of carbonyl (C=O) groups is 1. The number of carbonyl (C=O) groups excluding carboxylic acids is 1. The summed E-state index contributed by atoms with van der Waals surface area (Å²) in [6.07, 6.45) is 0.983. The minimum Gasteiger partial charge on any atom is -0.508 e. The standard InChI is InChI=1S/C17H17F3O4/c1-23-16(22)8-5-11-3-2-4-13(9-11)24-15-7-6-12(21)10-14(15)17(18,19)20/h2-4,6-7,10,13,21H,5,8-9H2,1H3. The van der Waals surface area contributed by atoms with Crippen LogP contribution in [0.5, 0.6) is 11.5 Å². The lowest BCUT2D eigenvalue weighted by Gasteiger charge is -2.22. The Morgan fingerprint density at radius 3 is 2.79 bits per heavy atom. The summed E-state index contributed by atoms with van der Waals surface area (Å²) in [6.45, 7) is 0. The molecule has 2 rings (SSSR count). The smallest absolute Gasteiger partial charge is 0.420 e. The molecule has 0 fully saturated rings. The van der Waals surface area contributed by atoms with Gasteiger partial charge in [-0.2, -0.15) is 13.2 Å². The van der Waals surface area contributed by atoms with E-state index in [-0.39, 0.29) is 18.1 Å². The van der Waals surface area contributed by atoms with Crippen molar-refractivity contribution < 1.29 is 32.5 Å². The quantitative estimate of drug-likeness (QED) is 0.822. The topological polar surface area (TPSA) is 55.8 Å². The van der Waals surface area contributed by atoms with Crippen molar-refractivity contribution in [2.75, 3.05) is 7.11 Å². The first kappa shape index (κ1) is 17.9. The molecule has 0 saturated heterocycles. The maximum Gasteiger partial charge on any atom is 0.420 e. The van der Waals surface area contributed by atoms with Gasteiger partial charge in [0, 0.05) is 12.8 Å². The average Bonchev–Trinajstić information content (AvgIpc) is 2.53. The summed E-state index contributed by atoms with van der Waals surface area (Å²) >= 11 is 0. The lowest BCUT2D eigenvalue weighted by atomic mass is 9.98. The van der Waals surface area contributed by atoms with E-state index in [0.29, 0.717) is 18.9 Å². The van der Waals surface area contributed by atoms with E-state index in [0.717, 1.165) is 17.7 Å². The fourth-order valence-electron chi connectivity index (χ4n) is 2.35. The number of hydrogen-bond acceptors (Lipinski definition) is 4. The number of esters is 1. The first-order valence-electron chi connectivity index (χ1n) is 7.29. The first-order chi connectivity index (χ1) is 11.3. The summed E-state index contributed by atoms with van der Waals surface area (Å²) in [6, 6.07) is 2.87. The molecule has 130 valence electrons. The van der Waals surface area contributed by atoms with E-state index in [1.165, 1.54) is 7.11 Å². The molecule has 0 amide bonds. The van der Waals surface area contributed by atoms with Crippen molar-refractivity contribution in [3.63, 3.8) is 0 Å². The number of halogens is 3. The summed E-state index contributed by atoms with van der Waals surface area (Å²) in [4.78, 5) is 11.2. The molecule has 1 aromatic rings. The fraction of sp³-hybridized carbons (Fsp3) is 0.353. The van der Waals surface area contributed by atoms with Crippen molar-refractivity contribution in [1.29, 1.82) is 0 Å². The zero-order chi connectivity index (χ0) is 17.7. The maximum atomic E-state index is 13.0. The van der Waals surface area contributed by atoms with Crippen LogP contribution in [0.15, 0.2) is 42.0 Å². The molecule has 1 aromatic carbocycles. The van der Waals surface area contributed by atoms with Gasteiger partial charge in [-0.25, -0.2) is 0 Å². The van der Waals surface area contributed by atoms with Gasteiger partial charge in [-0.1, -0.05) is 17.7 Å². The first-order valence-corrected chi connectivity index (χ1v) is 7.29. The molecular weight excluding hydrogens is 325 g/mol. The van der Waals surface area contributed by atoms with Crippen molar-refractivity contribution in [2.45, 2.75) is 31.5 Å². The zero-order valence-electron chi connectivity index (χ0n) is 13.0. The monoisotopic (exact) mass is 342 g/mol. The predicted molar refractivity (Wildman–Crippen MR) is 80.6 cm³/mol. The molecule has 7 heteroatoms. The molecule has 0 radical (unpaired) electrons. The second kappa shape index (κ2) is 7.42. The Morgan fingerprint density at radius 1 is 1.38 bits per heavy atom. The number of aromatic hydroxyl groups is 1. The molecule has 1 aliphatic carbocycles. The van der Waals surface area contributed by atoms with Gasteiger partial charge in [-0.15, -0.1) is 0 Å². The van der Waals surface area contributed by atoms with Crippen LogP contribution in [-0.2, 0) is 15.7 Å². The van der Waals surface area contributed by atoms with Gasteiger partial charge in [0.05, 0.1) is 7.11 Å². The van der Waals surface area contributed by atoms with Crippen molar-refractivity contribution in [3.05, 3.63) is 47.6 Å². The molecule has 1 aliphatic rings. The molecular formula is C17H17F3O4. The zero-order valence-corrected chi connectivity index (χ0v) is 13.0. The fourth-order valence-corrected chi connectivity index (χ4v) is 2.35. The molecule has 0 aromatic heterocycles. The number of phenols is 1.